The van der Waals surface area contributed by atoms with Gasteiger partial charge in [0.15, 0.2) is 5.58 Å². The number of oxazole rings is 1. The predicted molar refractivity (Wildman–Crippen MR) is 70.0 cm³/mol. The lowest BCUT2D eigenvalue weighted by molar-refractivity contribution is 0.556. The molecule has 2 aromatic heterocycles. The van der Waals surface area contributed by atoms with Crippen molar-refractivity contribution in [2.45, 2.75) is 10.8 Å². The fraction of sp³-hybridized carbons (Fsp3) is 0.0833. The van der Waals surface area contributed by atoms with Gasteiger partial charge in [-0.05, 0) is 18.2 Å². The van der Waals surface area contributed by atoms with E-state index in [2.05, 4.69) is 15.0 Å². The highest BCUT2D eigenvalue weighted by Crippen LogP contribution is 2.23. The topological polar surface area (TPSA) is 77.8 Å². The second-order valence-electron chi connectivity index (χ2n) is 3.67. The predicted octanol–water partition coefficient (Wildman–Crippen LogP) is 2.49. The van der Waals surface area contributed by atoms with Gasteiger partial charge in [0.2, 0.25) is 5.89 Å². The van der Waals surface area contributed by atoms with Crippen molar-refractivity contribution >= 4 is 28.5 Å². The minimum Gasteiger partial charge on any atom is -0.440 e. The first kappa shape index (κ1) is 11.0. The Balaban J connectivity index is 1.79. The molecule has 5 nitrogen and oxygen atoms in total. The summed E-state index contributed by atoms with van der Waals surface area (Å²) in [6, 6.07) is 7.30. The van der Waals surface area contributed by atoms with Gasteiger partial charge >= 0.3 is 0 Å². The van der Waals surface area contributed by atoms with Crippen LogP contribution in [0.25, 0.3) is 11.1 Å². The van der Waals surface area contributed by atoms with E-state index in [0.29, 0.717) is 22.9 Å². The molecule has 0 unspecified atom stereocenters. The molecule has 18 heavy (non-hydrogen) atoms. The molecule has 0 saturated heterocycles. The summed E-state index contributed by atoms with van der Waals surface area (Å²) in [5.74, 6) is 1.30. The van der Waals surface area contributed by atoms with E-state index in [1.807, 2.05) is 18.2 Å². The van der Waals surface area contributed by atoms with Crippen LogP contribution in [-0.2, 0) is 5.75 Å². The second-order valence-corrected chi connectivity index (χ2v) is 4.67. The second kappa shape index (κ2) is 4.66. The van der Waals surface area contributed by atoms with Gasteiger partial charge in [0.05, 0.1) is 10.8 Å². The average molecular weight is 258 g/mol. The molecule has 0 atom stereocenters. The van der Waals surface area contributed by atoms with Gasteiger partial charge in [-0.25, -0.2) is 15.0 Å². The highest BCUT2D eigenvalue weighted by Gasteiger charge is 2.06. The number of anilines is 1. The Bertz CT molecular complexity index is 668. The maximum Gasteiger partial charge on any atom is 0.205 e. The largest absolute Gasteiger partial charge is 0.440 e. The lowest BCUT2D eigenvalue weighted by atomic mass is 10.3. The number of thioether (sulfide) groups is 1. The summed E-state index contributed by atoms with van der Waals surface area (Å²) in [4.78, 5) is 12.4. The number of nitrogens with two attached hydrogens (primary N) is 1. The van der Waals surface area contributed by atoms with E-state index >= 15 is 0 Å². The van der Waals surface area contributed by atoms with Crippen LogP contribution in [0.1, 0.15) is 5.89 Å². The van der Waals surface area contributed by atoms with Crippen molar-refractivity contribution in [2.24, 2.45) is 0 Å². The summed E-state index contributed by atoms with van der Waals surface area (Å²) in [5, 5.41) is 0.895. The molecular formula is C12H10N4OS. The number of fused-ring (bicyclic) bond motifs is 1. The van der Waals surface area contributed by atoms with E-state index in [0.717, 1.165) is 10.5 Å². The number of hydrogen-bond acceptors (Lipinski definition) is 6. The number of nitrogens with zero attached hydrogens (tertiary/aromatic N) is 3. The van der Waals surface area contributed by atoms with Crippen molar-refractivity contribution < 1.29 is 4.42 Å². The monoisotopic (exact) mass is 258 g/mol. The van der Waals surface area contributed by atoms with Crippen molar-refractivity contribution in [3.8, 4) is 0 Å². The third-order valence-electron chi connectivity index (χ3n) is 2.36. The Kier molecular flexibility index (Phi) is 2.85. The SMILES string of the molecule is Nc1ccc2nc(CSc3ccncn3)oc2c1. The normalized spacial score (nSPS) is 10.9. The molecule has 0 aliphatic rings. The summed E-state index contributed by atoms with van der Waals surface area (Å²) in [5.41, 5.74) is 7.90. The molecule has 1 aromatic carbocycles. The smallest absolute Gasteiger partial charge is 0.205 e. The molecule has 0 fully saturated rings. The Morgan fingerprint density at radius 2 is 2.22 bits per heavy atom. The van der Waals surface area contributed by atoms with Crippen LogP contribution >= 0.6 is 11.8 Å². The first-order chi connectivity index (χ1) is 8.81. The Morgan fingerprint density at radius 3 is 3.06 bits per heavy atom. The van der Waals surface area contributed by atoms with Gasteiger partial charge in [0.1, 0.15) is 11.8 Å². The third kappa shape index (κ3) is 2.28. The number of hydrogen-bond donors (Lipinski definition) is 1. The van der Waals surface area contributed by atoms with E-state index in [4.69, 9.17) is 10.2 Å². The summed E-state index contributed by atoms with van der Waals surface area (Å²) in [6.07, 6.45) is 3.23. The zero-order valence-electron chi connectivity index (χ0n) is 9.41. The fourth-order valence-corrected chi connectivity index (χ4v) is 2.22. The molecule has 3 aromatic rings. The van der Waals surface area contributed by atoms with Crippen LogP contribution in [0.4, 0.5) is 5.69 Å². The minimum absolute atomic E-state index is 0.631. The first-order valence-electron chi connectivity index (χ1n) is 5.35. The summed E-state index contributed by atoms with van der Waals surface area (Å²) >= 11 is 1.55. The zero-order valence-corrected chi connectivity index (χ0v) is 10.2. The van der Waals surface area contributed by atoms with Gasteiger partial charge in [-0.15, -0.1) is 0 Å². The summed E-state index contributed by atoms with van der Waals surface area (Å²) in [6.45, 7) is 0. The molecular weight excluding hydrogens is 248 g/mol. The van der Waals surface area contributed by atoms with Crippen LogP contribution < -0.4 is 5.73 Å². The molecule has 0 amide bonds. The van der Waals surface area contributed by atoms with Gasteiger partial charge in [-0.2, -0.15) is 0 Å². The molecule has 0 aliphatic heterocycles. The van der Waals surface area contributed by atoms with Crippen molar-refractivity contribution in [2.75, 3.05) is 5.73 Å². The molecule has 0 spiro atoms. The molecule has 0 bridgehead atoms. The first-order valence-corrected chi connectivity index (χ1v) is 6.33. The maximum absolute atomic E-state index is 5.69. The van der Waals surface area contributed by atoms with Crippen LogP contribution in [-0.4, -0.2) is 15.0 Å². The minimum atomic E-state index is 0.631. The highest BCUT2D eigenvalue weighted by molar-refractivity contribution is 7.98. The van der Waals surface area contributed by atoms with Crippen LogP contribution in [0.2, 0.25) is 0 Å². The molecule has 6 heteroatoms. The quantitative estimate of drug-likeness (QED) is 0.442. The maximum atomic E-state index is 5.69. The van der Waals surface area contributed by atoms with Gasteiger partial charge in [0, 0.05) is 18.0 Å². The van der Waals surface area contributed by atoms with E-state index < -0.39 is 0 Å². The molecule has 0 saturated carbocycles. The number of nitrogen functional groups attached to an aromatic ring is 1. The lowest BCUT2D eigenvalue weighted by Crippen LogP contribution is -1.83. The van der Waals surface area contributed by atoms with Crippen LogP contribution in [0.3, 0.4) is 0 Å². The van der Waals surface area contributed by atoms with Crippen LogP contribution in [0, 0.1) is 0 Å². The Labute approximate surface area is 107 Å². The van der Waals surface area contributed by atoms with Gasteiger partial charge in [-0.1, -0.05) is 11.8 Å². The van der Waals surface area contributed by atoms with Crippen molar-refractivity contribution in [1.82, 2.24) is 15.0 Å². The van der Waals surface area contributed by atoms with E-state index in [-0.39, 0.29) is 0 Å². The number of rotatable bonds is 3. The van der Waals surface area contributed by atoms with Gasteiger partial charge < -0.3 is 10.2 Å². The van der Waals surface area contributed by atoms with Crippen LogP contribution in [0.5, 0.6) is 0 Å². The molecule has 3 rings (SSSR count). The van der Waals surface area contributed by atoms with E-state index in [1.54, 1.807) is 24.0 Å². The third-order valence-corrected chi connectivity index (χ3v) is 3.28. The van der Waals surface area contributed by atoms with E-state index in [9.17, 15) is 0 Å². The highest BCUT2D eigenvalue weighted by atomic mass is 32.2. The molecule has 2 N–H and O–H groups in total. The Hall–Kier alpha value is -2.08. The van der Waals surface area contributed by atoms with Crippen molar-refractivity contribution in [3.63, 3.8) is 0 Å². The fourth-order valence-electron chi connectivity index (χ4n) is 1.55. The average Bonchev–Trinajstić information content (AvgIpc) is 2.79. The molecule has 90 valence electrons. The van der Waals surface area contributed by atoms with Gasteiger partial charge in [0.25, 0.3) is 0 Å². The molecule has 2 heterocycles. The zero-order chi connectivity index (χ0) is 12.4. The number of aromatic nitrogens is 3. The van der Waals surface area contributed by atoms with Gasteiger partial charge in [-0.3, -0.25) is 0 Å². The summed E-state index contributed by atoms with van der Waals surface area (Å²) in [7, 11) is 0. The van der Waals surface area contributed by atoms with Crippen molar-refractivity contribution in [1.29, 1.82) is 0 Å². The number of benzene rings is 1. The van der Waals surface area contributed by atoms with E-state index in [1.165, 1.54) is 6.33 Å². The molecule has 0 radical (unpaired) electrons. The standard InChI is InChI=1S/C12H10N4OS/c13-8-1-2-9-10(5-8)17-11(16-9)6-18-12-3-4-14-7-15-12/h1-5,7H,6,13H2. The lowest BCUT2D eigenvalue weighted by Gasteiger charge is -1.95. The van der Waals surface area contributed by atoms with Crippen LogP contribution in [0.15, 0.2) is 46.2 Å². The molecule has 0 aliphatic carbocycles. The van der Waals surface area contributed by atoms with Crippen molar-refractivity contribution in [3.05, 3.63) is 42.7 Å². The Morgan fingerprint density at radius 1 is 1.28 bits per heavy atom. The summed E-state index contributed by atoms with van der Waals surface area (Å²) < 4.78 is 5.62.